The van der Waals surface area contributed by atoms with Crippen molar-refractivity contribution in [2.24, 2.45) is 0 Å². The van der Waals surface area contributed by atoms with Gasteiger partial charge in [-0.3, -0.25) is 0 Å². The van der Waals surface area contributed by atoms with Gasteiger partial charge in [-0.2, -0.15) is 0 Å². The summed E-state index contributed by atoms with van der Waals surface area (Å²) >= 11 is 0. The van der Waals surface area contributed by atoms with Gasteiger partial charge < -0.3 is 5.11 Å². The Balaban J connectivity index is 3.92. The number of rotatable bonds is 5. The van der Waals surface area contributed by atoms with Gasteiger partial charge >= 0.3 is 0 Å². The molecule has 13 heavy (non-hydrogen) atoms. The predicted octanol–water partition coefficient (Wildman–Crippen LogP) is 1.36. The van der Waals surface area contributed by atoms with Crippen LogP contribution in [0, 0.1) is 0 Å². The molecule has 0 aromatic carbocycles. The van der Waals surface area contributed by atoms with Crippen LogP contribution in [0.1, 0.15) is 40.0 Å². The first-order valence-electron chi connectivity index (χ1n) is 4.64. The number of hydrogen-bond donors (Lipinski definition) is 1. The average molecular weight is 208 g/mol. The Kier molecular flexibility index (Phi) is 4.92. The minimum Gasteiger partial charge on any atom is -0.396 e. The summed E-state index contributed by atoms with van der Waals surface area (Å²) in [5.74, 6) is 0.233. The van der Waals surface area contributed by atoms with E-state index in [0.717, 1.165) is 6.42 Å². The van der Waals surface area contributed by atoms with Crippen molar-refractivity contribution in [3.8, 4) is 0 Å². The fraction of sp³-hybridized carbons (Fsp3) is 1.00. The summed E-state index contributed by atoms with van der Waals surface area (Å²) in [7, 11) is -2.96. The first-order chi connectivity index (χ1) is 5.81. The minimum atomic E-state index is -2.96. The second-order valence-corrected chi connectivity index (χ2v) is 7.08. The van der Waals surface area contributed by atoms with Gasteiger partial charge in [0.2, 0.25) is 0 Å². The molecular formula is C9H20O3S. The van der Waals surface area contributed by atoms with Gasteiger partial charge in [-0.15, -0.1) is 0 Å². The van der Waals surface area contributed by atoms with E-state index >= 15 is 0 Å². The Bertz CT molecular complexity index is 224. The summed E-state index contributed by atoms with van der Waals surface area (Å²) in [6, 6.07) is 0. The third kappa shape index (κ3) is 4.62. The summed E-state index contributed by atoms with van der Waals surface area (Å²) in [6.07, 6.45) is 2.13. The maximum Gasteiger partial charge on any atom is 0.155 e. The Morgan fingerprint density at radius 3 is 2.00 bits per heavy atom. The molecule has 3 nitrogen and oxygen atoms in total. The van der Waals surface area contributed by atoms with Crippen LogP contribution in [0.2, 0.25) is 0 Å². The van der Waals surface area contributed by atoms with Gasteiger partial charge in [-0.1, -0.05) is 6.42 Å². The standard InChI is InChI=1S/C9H20O3S/c1-9(2,3)13(11,12)8-6-4-5-7-10/h10H,4-8H2,1-3H3. The number of hydrogen-bond acceptors (Lipinski definition) is 3. The fourth-order valence-electron chi connectivity index (χ4n) is 0.887. The van der Waals surface area contributed by atoms with Crippen molar-refractivity contribution < 1.29 is 13.5 Å². The lowest BCUT2D eigenvalue weighted by Crippen LogP contribution is -2.30. The van der Waals surface area contributed by atoms with Crippen molar-refractivity contribution in [1.82, 2.24) is 0 Å². The van der Waals surface area contributed by atoms with E-state index in [4.69, 9.17) is 5.11 Å². The van der Waals surface area contributed by atoms with Gasteiger partial charge in [0.05, 0.1) is 10.5 Å². The molecule has 0 atom stereocenters. The summed E-state index contributed by atoms with van der Waals surface area (Å²) in [5, 5.41) is 8.51. The second-order valence-electron chi connectivity index (χ2n) is 4.22. The maximum atomic E-state index is 11.6. The van der Waals surface area contributed by atoms with E-state index in [-0.39, 0.29) is 12.4 Å². The van der Waals surface area contributed by atoms with Crippen LogP contribution < -0.4 is 0 Å². The molecule has 0 aliphatic carbocycles. The lowest BCUT2D eigenvalue weighted by molar-refractivity contribution is 0.284. The molecular weight excluding hydrogens is 188 g/mol. The van der Waals surface area contributed by atoms with E-state index < -0.39 is 14.6 Å². The van der Waals surface area contributed by atoms with E-state index in [9.17, 15) is 8.42 Å². The van der Waals surface area contributed by atoms with Crippen LogP contribution in [0.15, 0.2) is 0 Å². The molecule has 0 spiro atoms. The molecule has 0 amide bonds. The van der Waals surface area contributed by atoms with Crippen molar-refractivity contribution >= 4 is 9.84 Å². The zero-order valence-corrected chi connectivity index (χ0v) is 9.52. The zero-order chi connectivity index (χ0) is 10.5. The summed E-state index contributed by atoms with van der Waals surface area (Å²) in [6.45, 7) is 5.30. The van der Waals surface area contributed by atoms with Crippen molar-refractivity contribution in [2.45, 2.75) is 44.8 Å². The molecule has 0 fully saturated rings. The molecule has 4 heteroatoms. The van der Waals surface area contributed by atoms with Crippen molar-refractivity contribution in [2.75, 3.05) is 12.4 Å². The molecule has 0 aromatic heterocycles. The van der Waals surface area contributed by atoms with Crippen LogP contribution in [-0.2, 0) is 9.84 Å². The molecule has 0 saturated heterocycles. The van der Waals surface area contributed by atoms with E-state index in [1.165, 1.54) is 0 Å². The highest BCUT2D eigenvalue weighted by molar-refractivity contribution is 7.92. The Hall–Kier alpha value is -0.0900. The van der Waals surface area contributed by atoms with E-state index in [1.54, 1.807) is 20.8 Å². The third-order valence-corrected chi connectivity index (χ3v) is 4.70. The van der Waals surface area contributed by atoms with E-state index in [1.807, 2.05) is 0 Å². The van der Waals surface area contributed by atoms with Gasteiger partial charge in [0.1, 0.15) is 0 Å². The molecule has 80 valence electrons. The molecule has 0 unspecified atom stereocenters. The Morgan fingerprint density at radius 1 is 1.08 bits per heavy atom. The van der Waals surface area contributed by atoms with Crippen LogP contribution in [0.3, 0.4) is 0 Å². The SMILES string of the molecule is CC(C)(C)S(=O)(=O)CCCCCO. The van der Waals surface area contributed by atoms with Crippen LogP contribution in [0.4, 0.5) is 0 Å². The molecule has 0 bridgehead atoms. The molecule has 0 heterocycles. The first kappa shape index (κ1) is 12.9. The van der Waals surface area contributed by atoms with Crippen LogP contribution >= 0.6 is 0 Å². The van der Waals surface area contributed by atoms with E-state index in [2.05, 4.69) is 0 Å². The summed E-state index contributed by atoms with van der Waals surface area (Å²) in [4.78, 5) is 0. The van der Waals surface area contributed by atoms with Crippen molar-refractivity contribution in [3.05, 3.63) is 0 Å². The van der Waals surface area contributed by atoms with Crippen molar-refractivity contribution in [3.63, 3.8) is 0 Å². The monoisotopic (exact) mass is 208 g/mol. The average Bonchev–Trinajstić information content (AvgIpc) is 1.96. The second kappa shape index (κ2) is 4.96. The molecule has 0 aliphatic heterocycles. The topological polar surface area (TPSA) is 54.4 Å². The van der Waals surface area contributed by atoms with Crippen LogP contribution in [0.25, 0.3) is 0 Å². The molecule has 0 aromatic rings. The predicted molar refractivity (Wildman–Crippen MR) is 54.5 cm³/mol. The number of aliphatic hydroxyl groups is 1. The number of unbranched alkanes of at least 4 members (excludes halogenated alkanes) is 2. The van der Waals surface area contributed by atoms with Gasteiger partial charge in [0, 0.05) is 6.61 Å². The number of aliphatic hydroxyl groups excluding tert-OH is 1. The van der Waals surface area contributed by atoms with Gasteiger partial charge in [0.25, 0.3) is 0 Å². The quantitative estimate of drug-likeness (QED) is 0.694. The Morgan fingerprint density at radius 2 is 1.62 bits per heavy atom. The molecule has 0 radical (unpaired) electrons. The fourth-order valence-corrected chi connectivity index (χ4v) is 2.08. The van der Waals surface area contributed by atoms with Crippen LogP contribution in [-0.4, -0.2) is 30.6 Å². The molecule has 0 aliphatic rings. The normalized spacial score (nSPS) is 13.2. The van der Waals surface area contributed by atoms with Gasteiger partial charge in [0.15, 0.2) is 9.84 Å². The van der Waals surface area contributed by atoms with Gasteiger partial charge in [-0.05, 0) is 33.6 Å². The summed E-state index contributed by atoms with van der Waals surface area (Å²) < 4.78 is 22.5. The highest BCUT2D eigenvalue weighted by Gasteiger charge is 2.27. The highest BCUT2D eigenvalue weighted by atomic mass is 32.2. The largest absolute Gasteiger partial charge is 0.396 e. The Labute approximate surface area is 81.1 Å². The maximum absolute atomic E-state index is 11.6. The zero-order valence-electron chi connectivity index (χ0n) is 8.71. The lowest BCUT2D eigenvalue weighted by atomic mass is 10.2. The van der Waals surface area contributed by atoms with Crippen LogP contribution in [0.5, 0.6) is 0 Å². The smallest absolute Gasteiger partial charge is 0.155 e. The van der Waals surface area contributed by atoms with E-state index in [0.29, 0.717) is 12.8 Å². The minimum absolute atomic E-state index is 0.148. The third-order valence-electron chi connectivity index (χ3n) is 2.00. The van der Waals surface area contributed by atoms with Crippen molar-refractivity contribution in [1.29, 1.82) is 0 Å². The molecule has 1 N–H and O–H groups in total. The van der Waals surface area contributed by atoms with Gasteiger partial charge in [-0.25, -0.2) is 8.42 Å². The number of sulfone groups is 1. The summed E-state index contributed by atoms with van der Waals surface area (Å²) in [5.41, 5.74) is 0. The highest BCUT2D eigenvalue weighted by Crippen LogP contribution is 2.17. The molecule has 0 saturated carbocycles. The lowest BCUT2D eigenvalue weighted by Gasteiger charge is -2.18. The first-order valence-corrected chi connectivity index (χ1v) is 6.29. The molecule has 0 rings (SSSR count).